The van der Waals surface area contributed by atoms with Crippen molar-refractivity contribution in [2.24, 2.45) is 0 Å². The zero-order valence-electron chi connectivity index (χ0n) is 10.6. The van der Waals surface area contributed by atoms with Crippen molar-refractivity contribution in [1.29, 1.82) is 5.26 Å². The van der Waals surface area contributed by atoms with Crippen LogP contribution < -0.4 is 10.6 Å². The maximum absolute atomic E-state index is 8.74. The summed E-state index contributed by atoms with van der Waals surface area (Å²) in [6.07, 6.45) is 3.77. The summed E-state index contributed by atoms with van der Waals surface area (Å²) in [6.45, 7) is 0.973. The summed E-state index contributed by atoms with van der Waals surface area (Å²) in [6, 6.07) is 5.86. The summed E-state index contributed by atoms with van der Waals surface area (Å²) in [5.74, 6) is 0.398. The molecule has 8 heteroatoms. The molecule has 0 amide bonds. The van der Waals surface area contributed by atoms with Crippen molar-refractivity contribution < 1.29 is 0 Å². The second kappa shape index (κ2) is 6.63. The van der Waals surface area contributed by atoms with Gasteiger partial charge < -0.3 is 10.6 Å². The zero-order chi connectivity index (χ0) is 14.4. The van der Waals surface area contributed by atoms with E-state index in [0.29, 0.717) is 25.5 Å². The number of rotatable bonds is 5. The van der Waals surface area contributed by atoms with Crippen LogP contribution in [0.3, 0.4) is 0 Å². The van der Waals surface area contributed by atoms with Gasteiger partial charge >= 0.3 is 0 Å². The topological polar surface area (TPSA) is 105 Å². The molecule has 0 saturated carbocycles. The lowest BCUT2D eigenvalue weighted by atomic mass is 10.2. The van der Waals surface area contributed by atoms with E-state index < -0.39 is 0 Å². The first-order valence-corrected chi connectivity index (χ1v) is 6.24. The summed E-state index contributed by atoms with van der Waals surface area (Å²) in [5.41, 5.74) is 6.54. The molecule has 0 fully saturated rings. The summed E-state index contributed by atoms with van der Waals surface area (Å²) in [4.78, 5) is 17.7. The van der Waals surface area contributed by atoms with Crippen LogP contribution in [0.5, 0.6) is 0 Å². The Morgan fingerprint density at radius 1 is 1.35 bits per heavy atom. The highest BCUT2D eigenvalue weighted by Crippen LogP contribution is 2.15. The predicted molar refractivity (Wildman–Crippen MR) is 74.8 cm³/mol. The van der Waals surface area contributed by atoms with Crippen molar-refractivity contribution in [2.75, 3.05) is 17.2 Å². The van der Waals surface area contributed by atoms with E-state index in [2.05, 4.69) is 26.0 Å². The molecular formula is C12H12ClN7. The number of halogens is 1. The summed E-state index contributed by atoms with van der Waals surface area (Å²) in [7, 11) is 0. The Bertz CT molecular complexity index is 591. The molecular weight excluding hydrogens is 278 g/mol. The van der Waals surface area contributed by atoms with Gasteiger partial charge in [0.05, 0.1) is 12.5 Å². The number of nitrogen functional groups attached to an aromatic ring is 1. The lowest BCUT2D eigenvalue weighted by Crippen LogP contribution is -2.26. The van der Waals surface area contributed by atoms with Gasteiger partial charge in [-0.15, -0.1) is 0 Å². The summed E-state index contributed by atoms with van der Waals surface area (Å²) < 4.78 is 0. The molecule has 2 aromatic heterocycles. The molecule has 0 bridgehead atoms. The Balaban J connectivity index is 2.25. The van der Waals surface area contributed by atoms with Crippen LogP contribution in [0, 0.1) is 11.3 Å². The van der Waals surface area contributed by atoms with Crippen LogP contribution in [0.1, 0.15) is 12.0 Å². The smallest absolute Gasteiger partial charge is 0.231 e. The third-order valence-corrected chi connectivity index (χ3v) is 2.66. The van der Waals surface area contributed by atoms with Gasteiger partial charge in [0.25, 0.3) is 0 Å². The Labute approximate surface area is 121 Å². The minimum Gasteiger partial charge on any atom is -0.368 e. The first-order valence-electron chi connectivity index (χ1n) is 5.87. The van der Waals surface area contributed by atoms with E-state index in [9.17, 15) is 0 Å². The molecule has 2 N–H and O–H groups in total. The molecule has 20 heavy (non-hydrogen) atoms. The fraction of sp³-hybridized carbons (Fsp3) is 0.250. The van der Waals surface area contributed by atoms with Crippen LogP contribution in [-0.2, 0) is 6.54 Å². The number of hydrogen-bond acceptors (Lipinski definition) is 7. The van der Waals surface area contributed by atoms with E-state index >= 15 is 0 Å². The fourth-order valence-corrected chi connectivity index (χ4v) is 1.80. The second-order valence-electron chi connectivity index (χ2n) is 3.95. The standard InChI is InChI=1S/C12H12ClN7/c13-10-17-11(15)19-12(18-10)20(6-2-4-14)8-9-3-1-5-16-7-9/h1,3,5,7H,2,6,8H2,(H2,15,17,18,19). The molecule has 0 spiro atoms. The Kier molecular flexibility index (Phi) is 4.63. The quantitative estimate of drug-likeness (QED) is 0.887. The average molecular weight is 290 g/mol. The van der Waals surface area contributed by atoms with Crippen LogP contribution in [0.15, 0.2) is 24.5 Å². The number of pyridine rings is 1. The van der Waals surface area contributed by atoms with Gasteiger partial charge in [-0.1, -0.05) is 6.07 Å². The van der Waals surface area contributed by atoms with E-state index in [1.54, 1.807) is 12.4 Å². The third-order valence-electron chi connectivity index (χ3n) is 2.49. The summed E-state index contributed by atoms with van der Waals surface area (Å²) >= 11 is 5.78. The van der Waals surface area contributed by atoms with Gasteiger partial charge in [0.1, 0.15) is 0 Å². The van der Waals surface area contributed by atoms with Crippen LogP contribution in [0.25, 0.3) is 0 Å². The Hall–Kier alpha value is -2.46. The molecule has 0 atom stereocenters. The number of hydrogen-bond donors (Lipinski definition) is 1. The van der Waals surface area contributed by atoms with E-state index in [4.69, 9.17) is 22.6 Å². The third kappa shape index (κ3) is 3.76. The van der Waals surface area contributed by atoms with Crippen molar-refractivity contribution in [1.82, 2.24) is 19.9 Å². The minimum absolute atomic E-state index is 0.0284. The molecule has 0 aliphatic carbocycles. The average Bonchev–Trinajstić information content (AvgIpc) is 2.43. The number of anilines is 2. The van der Waals surface area contributed by atoms with Crippen molar-refractivity contribution in [3.05, 3.63) is 35.4 Å². The molecule has 2 aromatic rings. The maximum atomic E-state index is 8.74. The van der Waals surface area contributed by atoms with Crippen molar-refractivity contribution in [3.63, 3.8) is 0 Å². The highest BCUT2D eigenvalue weighted by atomic mass is 35.5. The first-order chi connectivity index (χ1) is 9.69. The van der Waals surface area contributed by atoms with E-state index in [1.807, 2.05) is 17.0 Å². The van der Waals surface area contributed by atoms with Crippen LogP contribution in [0.2, 0.25) is 5.28 Å². The van der Waals surface area contributed by atoms with Gasteiger partial charge in [-0.2, -0.15) is 20.2 Å². The Morgan fingerprint density at radius 3 is 2.85 bits per heavy atom. The van der Waals surface area contributed by atoms with E-state index in [1.165, 1.54) is 0 Å². The lowest BCUT2D eigenvalue weighted by molar-refractivity contribution is 0.758. The largest absolute Gasteiger partial charge is 0.368 e. The maximum Gasteiger partial charge on any atom is 0.231 e. The molecule has 7 nitrogen and oxygen atoms in total. The van der Waals surface area contributed by atoms with Crippen molar-refractivity contribution in [3.8, 4) is 6.07 Å². The molecule has 102 valence electrons. The van der Waals surface area contributed by atoms with Crippen LogP contribution in [0.4, 0.5) is 11.9 Å². The van der Waals surface area contributed by atoms with E-state index in [0.717, 1.165) is 5.56 Å². The van der Waals surface area contributed by atoms with Crippen molar-refractivity contribution >= 4 is 23.5 Å². The molecule has 0 saturated heterocycles. The predicted octanol–water partition coefficient (Wildman–Crippen LogP) is 1.42. The molecule has 0 aliphatic rings. The van der Waals surface area contributed by atoms with E-state index in [-0.39, 0.29) is 11.2 Å². The molecule has 0 radical (unpaired) electrons. The summed E-state index contributed by atoms with van der Waals surface area (Å²) in [5, 5.41) is 8.77. The second-order valence-corrected chi connectivity index (χ2v) is 4.29. The molecule has 2 rings (SSSR count). The zero-order valence-corrected chi connectivity index (χ0v) is 11.3. The van der Waals surface area contributed by atoms with Gasteiger partial charge in [0.2, 0.25) is 17.2 Å². The van der Waals surface area contributed by atoms with Gasteiger partial charge in [-0.25, -0.2) is 0 Å². The number of nitriles is 1. The molecule has 0 aliphatic heterocycles. The molecule has 0 aromatic carbocycles. The fourth-order valence-electron chi connectivity index (χ4n) is 1.64. The molecule has 0 unspecified atom stereocenters. The number of nitrogens with two attached hydrogens (primary N) is 1. The normalized spacial score (nSPS) is 10.0. The van der Waals surface area contributed by atoms with Gasteiger partial charge in [-0.05, 0) is 23.2 Å². The highest BCUT2D eigenvalue weighted by molar-refractivity contribution is 6.28. The van der Waals surface area contributed by atoms with Gasteiger partial charge in [0.15, 0.2) is 0 Å². The van der Waals surface area contributed by atoms with Crippen LogP contribution >= 0.6 is 11.6 Å². The minimum atomic E-state index is 0.0284. The monoisotopic (exact) mass is 289 g/mol. The van der Waals surface area contributed by atoms with Crippen molar-refractivity contribution in [2.45, 2.75) is 13.0 Å². The highest BCUT2D eigenvalue weighted by Gasteiger charge is 2.12. The van der Waals surface area contributed by atoms with Gasteiger partial charge in [0, 0.05) is 25.5 Å². The SMILES string of the molecule is N#CCCN(Cc1cccnc1)c1nc(N)nc(Cl)n1. The lowest BCUT2D eigenvalue weighted by Gasteiger charge is -2.21. The van der Waals surface area contributed by atoms with Gasteiger partial charge in [-0.3, -0.25) is 4.98 Å². The Morgan fingerprint density at radius 2 is 2.20 bits per heavy atom. The van der Waals surface area contributed by atoms with Crippen LogP contribution in [-0.4, -0.2) is 26.5 Å². The number of nitrogens with zero attached hydrogens (tertiary/aromatic N) is 6. The molecule has 2 heterocycles. The number of aromatic nitrogens is 4. The first kappa shape index (κ1) is 14.0.